The summed E-state index contributed by atoms with van der Waals surface area (Å²) in [6, 6.07) is 2.83. The topological polar surface area (TPSA) is 57.3 Å². The van der Waals surface area contributed by atoms with E-state index in [-0.39, 0.29) is 24.2 Å². The van der Waals surface area contributed by atoms with Gasteiger partial charge in [0.1, 0.15) is 11.6 Å². The van der Waals surface area contributed by atoms with Crippen LogP contribution in [0.1, 0.15) is 19.3 Å². The number of pyridine rings is 1. The van der Waals surface area contributed by atoms with Gasteiger partial charge < -0.3 is 5.43 Å². The van der Waals surface area contributed by atoms with Crippen LogP contribution in [0, 0.1) is 5.82 Å². The molecule has 0 amide bonds. The summed E-state index contributed by atoms with van der Waals surface area (Å²) < 4.78 is 12.7. The van der Waals surface area contributed by atoms with Gasteiger partial charge in [0.2, 0.25) is 0 Å². The third kappa shape index (κ3) is 3.97. The molecule has 1 atom stereocenters. The first-order valence-electron chi connectivity index (χ1n) is 6.50. The van der Waals surface area contributed by atoms with Crippen LogP contribution in [-0.4, -0.2) is 41.8 Å². The maximum atomic E-state index is 12.7. The average Bonchev–Trinajstić information content (AvgIpc) is 2.41. The summed E-state index contributed by atoms with van der Waals surface area (Å²) in [5.74, 6) is 0.272. The minimum atomic E-state index is -0.384. The number of hydrogen-bond acceptors (Lipinski definition) is 5. The van der Waals surface area contributed by atoms with Crippen LogP contribution in [0.5, 0.6) is 0 Å². The Hall–Kier alpha value is -1.53. The summed E-state index contributed by atoms with van der Waals surface area (Å²) in [5.41, 5.74) is 5.62. The largest absolute Gasteiger partial charge is 0.305 e. The molecule has 104 valence electrons. The standard InChI is InChI=1S/C13H19FN4O/c1-18-7-3-2-4-11(18)12(19)9-16-17-13-6-5-10(14)8-15-13/h5-6,8,11,16H,2-4,7,9H2,1H3,(H,15,17)/t11-/m0/s1. The fourth-order valence-corrected chi connectivity index (χ4v) is 2.27. The van der Waals surface area contributed by atoms with Crippen LogP contribution in [0.25, 0.3) is 0 Å². The van der Waals surface area contributed by atoms with E-state index in [1.54, 1.807) is 0 Å². The molecule has 1 fully saturated rings. The zero-order chi connectivity index (χ0) is 13.7. The van der Waals surface area contributed by atoms with Gasteiger partial charge >= 0.3 is 0 Å². The fourth-order valence-electron chi connectivity index (χ4n) is 2.27. The van der Waals surface area contributed by atoms with Gasteiger partial charge in [0.15, 0.2) is 5.78 Å². The molecule has 2 N–H and O–H groups in total. The summed E-state index contributed by atoms with van der Waals surface area (Å²) in [6.45, 7) is 1.21. The molecule has 2 heterocycles. The van der Waals surface area contributed by atoms with Gasteiger partial charge in [-0.05, 0) is 38.6 Å². The van der Waals surface area contributed by atoms with Crippen molar-refractivity contribution in [3.63, 3.8) is 0 Å². The van der Waals surface area contributed by atoms with E-state index in [1.807, 2.05) is 7.05 Å². The molecule has 2 rings (SSSR count). The Kier molecular flexibility index (Phi) is 4.81. The molecule has 0 radical (unpaired) electrons. The van der Waals surface area contributed by atoms with Crippen molar-refractivity contribution in [2.45, 2.75) is 25.3 Å². The molecule has 0 unspecified atom stereocenters. The first kappa shape index (κ1) is 13.9. The van der Waals surface area contributed by atoms with Crippen LogP contribution >= 0.6 is 0 Å². The Morgan fingerprint density at radius 2 is 2.37 bits per heavy atom. The minimum absolute atomic E-state index is 0.00391. The number of halogens is 1. The van der Waals surface area contributed by atoms with Gasteiger partial charge in [-0.2, -0.15) is 0 Å². The molecule has 0 aromatic carbocycles. The SMILES string of the molecule is CN1CCCC[C@H]1C(=O)CNNc1ccc(F)cn1. The molecule has 19 heavy (non-hydrogen) atoms. The highest BCUT2D eigenvalue weighted by Crippen LogP contribution is 2.15. The van der Waals surface area contributed by atoms with Gasteiger partial charge in [-0.3, -0.25) is 9.69 Å². The van der Waals surface area contributed by atoms with E-state index in [4.69, 9.17) is 0 Å². The maximum Gasteiger partial charge on any atom is 0.165 e. The van der Waals surface area contributed by atoms with Gasteiger partial charge in [-0.25, -0.2) is 14.8 Å². The molecule has 0 aliphatic carbocycles. The van der Waals surface area contributed by atoms with E-state index < -0.39 is 0 Å². The maximum absolute atomic E-state index is 12.7. The van der Waals surface area contributed by atoms with Crippen LogP contribution < -0.4 is 10.9 Å². The van der Waals surface area contributed by atoms with Crippen molar-refractivity contribution in [2.24, 2.45) is 0 Å². The number of Topliss-reactive ketones (excluding diaryl/α,β-unsaturated/α-hetero) is 1. The minimum Gasteiger partial charge on any atom is -0.305 e. The monoisotopic (exact) mass is 266 g/mol. The summed E-state index contributed by atoms with van der Waals surface area (Å²) in [6.07, 6.45) is 4.31. The first-order chi connectivity index (χ1) is 9.16. The number of carbonyl (C=O) groups is 1. The fraction of sp³-hybridized carbons (Fsp3) is 0.538. The predicted molar refractivity (Wildman–Crippen MR) is 71.1 cm³/mol. The average molecular weight is 266 g/mol. The van der Waals surface area contributed by atoms with Crippen molar-refractivity contribution < 1.29 is 9.18 Å². The number of hydrazine groups is 1. The van der Waals surface area contributed by atoms with Crippen LogP contribution in [-0.2, 0) is 4.79 Å². The van der Waals surface area contributed by atoms with Gasteiger partial charge in [0.25, 0.3) is 0 Å². The lowest BCUT2D eigenvalue weighted by Crippen LogP contribution is -2.46. The van der Waals surface area contributed by atoms with E-state index in [0.717, 1.165) is 32.0 Å². The predicted octanol–water partition coefficient (Wildman–Crippen LogP) is 1.19. The van der Waals surface area contributed by atoms with Crippen molar-refractivity contribution in [1.82, 2.24) is 15.3 Å². The Morgan fingerprint density at radius 1 is 1.53 bits per heavy atom. The number of likely N-dealkylation sites (tertiary alicyclic amines) is 1. The van der Waals surface area contributed by atoms with Gasteiger partial charge in [0.05, 0.1) is 18.8 Å². The van der Waals surface area contributed by atoms with Crippen LogP contribution in [0.15, 0.2) is 18.3 Å². The number of hydrogen-bond donors (Lipinski definition) is 2. The lowest BCUT2D eigenvalue weighted by atomic mass is 9.99. The van der Waals surface area contributed by atoms with E-state index >= 15 is 0 Å². The number of anilines is 1. The molecule has 0 saturated carbocycles. The summed E-state index contributed by atoms with van der Waals surface area (Å²) in [5, 5.41) is 0. The second-order valence-electron chi connectivity index (χ2n) is 4.80. The molecule has 1 aliphatic heterocycles. The Morgan fingerprint density at radius 3 is 3.05 bits per heavy atom. The third-order valence-electron chi connectivity index (χ3n) is 3.35. The molecule has 1 saturated heterocycles. The Balaban J connectivity index is 1.75. The summed E-state index contributed by atoms with van der Waals surface area (Å²) in [4.78, 5) is 18.0. The number of ketones is 1. The second-order valence-corrected chi connectivity index (χ2v) is 4.80. The number of nitrogens with zero attached hydrogens (tertiary/aromatic N) is 2. The van der Waals surface area contributed by atoms with Crippen molar-refractivity contribution in [3.8, 4) is 0 Å². The number of carbonyl (C=O) groups excluding carboxylic acids is 1. The Bertz CT molecular complexity index is 423. The van der Waals surface area contributed by atoms with Crippen LogP contribution in [0.2, 0.25) is 0 Å². The molecule has 1 aromatic heterocycles. The smallest absolute Gasteiger partial charge is 0.165 e. The van der Waals surface area contributed by atoms with Crippen LogP contribution in [0.3, 0.4) is 0 Å². The Labute approximate surface area is 112 Å². The van der Waals surface area contributed by atoms with Crippen molar-refractivity contribution in [2.75, 3.05) is 25.6 Å². The quantitative estimate of drug-likeness (QED) is 0.784. The zero-order valence-corrected chi connectivity index (χ0v) is 11.0. The highest BCUT2D eigenvalue weighted by atomic mass is 19.1. The van der Waals surface area contributed by atoms with E-state index in [0.29, 0.717) is 5.82 Å². The highest BCUT2D eigenvalue weighted by Gasteiger charge is 2.25. The number of likely N-dealkylation sites (N-methyl/N-ethyl adjacent to an activating group) is 1. The molecular weight excluding hydrogens is 247 g/mol. The van der Waals surface area contributed by atoms with E-state index in [1.165, 1.54) is 12.1 Å². The first-order valence-corrected chi connectivity index (χ1v) is 6.50. The van der Waals surface area contributed by atoms with E-state index in [9.17, 15) is 9.18 Å². The normalized spacial score (nSPS) is 20.2. The molecule has 0 bridgehead atoms. The summed E-state index contributed by atoms with van der Waals surface area (Å²) >= 11 is 0. The van der Waals surface area contributed by atoms with Crippen LogP contribution in [0.4, 0.5) is 10.2 Å². The molecule has 6 heteroatoms. The summed E-state index contributed by atoms with van der Waals surface area (Å²) in [7, 11) is 1.98. The number of nitrogens with one attached hydrogen (secondary N) is 2. The molecule has 0 spiro atoms. The number of rotatable bonds is 5. The van der Waals surface area contributed by atoms with E-state index in [2.05, 4.69) is 20.7 Å². The highest BCUT2D eigenvalue weighted by molar-refractivity contribution is 5.86. The molecule has 1 aromatic rings. The molecular formula is C13H19FN4O. The lowest BCUT2D eigenvalue weighted by molar-refractivity contribution is -0.123. The molecule has 5 nitrogen and oxygen atoms in total. The van der Waals surface area contributed by atoms with Crippen molar-refractivity contribution in [3.05, 3.63) is 24.1 Å². The lowest BCUT2D eigenvalue weighted by Gasteiger charge is -2.31. The molecule has 1 aliphatic rings. The van der Waals surface area contributed by atoms with Crippen molar-refractivity contribution in [1.29, 1.82) is 0 Å². The second kappa shape index (κ2) is 6.58. The zero-order valence-electron chi connectivity index (χ0n) is 11.0. The number of aromatic nitrogens is 1. The van der Waals surface area contributed by atoms with Crippen molar-refractivity contribution >= 4 is 11.6 Å². The number of piperidine rings is 1. The van der Waals surface area contributed by atoms with Gasteiger partial charge in [-0.15, -0.1) is 0 Å². The van der Waals surface area contributed by atoms with Gasteiger partial charge in [-0.1, -0.05) is 6.42 Å². The third-order valence-corrected chi connectivity index (χ3v) is 3.35. The van der Waals surface area contributed by atoms with Gasteiger partial charge in [0, 0.05) is 0 Å².